The number of aromatic nitrogens is 2. The first-order valence-electron chi connectivity index (χ1n) is 11.6. The zero-order valence-corrected chi connectivity index (χ0v) is 20.6. The Morgan fingerprint density at radius 3 is 2.56 bits per heavy atom. The summed E-state index contributed by atoms with van der Waals surface area (Å²) in [4.78, 5) is 25.9. The third kappa shape index (κ3) is 5.09. The van der Waals surface area contributed by atoms with Gasteiger partial charge in [0.15, 0.2) is 5.82 Å². The maximum atomic E-state index is 12.1. The zero-order valence-electron chi connectivity index (χ0n) is 19.8. The zero-order chi connectivity index (χ0) is 24.2. The van der Waals surface area contributed by atoms with Crippen molar-refractivity contribution in [3.8, 4) is 11.4 Å². The predicted molar refractivity (Wildman–Crippen MR) is 138 cm³/mol. The summed E-state index contributed by atoms with van der Waals surface area (Å²) in [6.07, 6.45) is -0.271. The second-order valence-electron chi connectivity index (χ2n) is 8.53. The fraction of sp³-hybridized carbons (Fsp3) is 0.346. The average Bonchev–Trinajstić information content (AvgIpc) is 2.83. The molecule has 0 radical (unpaired) electrons. The van der Waals surface area contributed by atoms with Crippen molar-refractivity contribution in [2.75, 3.05) is 37.7 Å². The van der Waals surface area contributed by atoms with Gasteiger partial charge in [-0.25, -0.2) is 14.8 Å². The van der Waals surface area contributed by atoms with Gasteiger partial charge < -0.3 is 19.9 Å². The van der Waals surface area contributed by atoms with Crippen LogP contribution in [0, 0.1) is 0 Å². The van der Waals surface area contributed by atoms with Gasteiger partial charge in [0.1, 0.15) is 5.82 Å². The first-order chi connectivity index (χ1) is 16.4. The largest absolute Gasteiger partial charge is 0.450 e. The lowest BCUT2D eigenvalue weighted by molar-refractivity contribution is 0.105. The van der Waals surface area contributed by atoms with Gasteiger partial charge in [-0.05, 0) is 50.6 Å². The van der Waals surface area contributed by atoms with E-state index < -0.39 is 0 Å². The van der Waals surface area contributed by atoms with E-state index in [0.717, 1.165) is 33.5 Å². The molecule has 1 saturated heterocycles. The molecule has 0 aliphatic carbocycles. The van der Waals surface area contributed by atoms with E-state index in [-0.39, 0.29) is 12.1 Å². The molecule has 3 aromatic rings. The van der Waals surface area contributed by atoms with E-state index in [0.29, 0.717) is 43.6 Å². The molecular formula is C26H30ClN5O2. The van der Waals surface area contributed by atoms with Gasteiger partial charge in [0, 0.05) is 48.9 Å². The first-order valence-corrected chi connectivity index (χ1v) is 11.9. The van der Waals surface area contributed by atoms with Crippen molar-refractivity contribution in [3.05, 3.63) is 59.6 Å². The van der Waals surface area contributed by atoms with E-state index in [1.165, 1.54) is 0 Å². The lowest BCUT2D eigenvalue weighted by Gasteiger charge is -2.35. The van der Waals surface area contributed by atoms with Crippen LogP contribution in [0.3, 0.4) is 0 Å². The number of fused-ring (bicyclic) bond motifs is 1. The van der Waals surface area contributed by atoms with Crippen LogP contribution < -0.4 is 10.2 Å². The molecule has 1 amide bonds. The molecule has 1 aliphatic heterocycles. The molecule has 8 heteroatoms. The summed E-state index contributed by atoms with van der Waals surface area (Å²) in [6.45, 7) is 13.0. The van der Waals surface area contributed by atoms with Crippen molar-refractivity contribution < 1.29 is 9.53 Å². The van der Waals surface area contributed by atoms with Gasteiger partial charge in [0.2, 0.25) is 0 Å². The minimum absolute atomic E-state index is 0.271. The number of amides is 1. The van der Waals surface area contributed by atoms with Crippen molar-refractivity contribution in [1.82, 2.24) is 20.2 Å². The molecule has 0 spiro atoms. The lowest BCUT2D eigenvalue weighted by atomic mass is 10.1. The third-order valence-electron chi connectivity index (χ3n) is 5.71. The number of nitrogens with one attached hydrogen (secondary N) is 1. The van der Waals surface area contributed by atoms with Gasteiger partial charge in [-0.1, -0.05) is 36.4 Å². The Morgan fingerprint density at radius 1 is 1.15 bits per heavy atom. The summed E-state index contributed by atoms with van der Waals surface area (Å²) in [5, 5.41) is 4.91. The van der Waals surface area contributed by atoms with Crippen molar-refractivity contribution >= 4 is 40.1 Å². The van der Waals surface area contributed by atoms with Crippen molar-refractivity contribution in [1.29, 1.82) is 0 Å². The molecule has 7 nitrogen and oxygen atoms in total. The molecule has 2 heterocycles. The normalized spacial score (nSPS) is 13.9. The highest BCUT2D eigenvalue weighted by molar-refractivity contribution is 6.33. The predicted octanol–water partition coefficient (Wildman–Crippen LogP) is 5.20. The number of rotatable bonds is 6. The van der Waals surface area contributed by atoms with E-state index in [4.69, 9.17) is 26.3 Å². The number of piperazine rings is 1. The molecule has 1 aromatic heterocycles. The second kappa shape index (κ2) is 10.3. The Labute approximate surface area is 205 Å². The molecule has 0 saturated carbocycles. The number of benzene rings is 2. The van der Waals surface area contributed by atoms with Crippen LogP contribution in [0.1, 0.15) is 26.3 Å². The first kappa shape index (κ1) is 23.8. The molecular weight excluding hydrogens is 450 g/mol. The van der Waals surface area contributed by atoms with Crippen LogP contribution in [0.5, 0.6) is 0 Å². The molecule has 0 atom stereocenters. The molecule has 2 aromatic carbocycles. The standard InChI is InChI=1S/C26H30ClN5O2/c1-5-34-26(33)32-14-12-31(13-15-32)25-21-11-10-19(18(4)28-17(2)3)16-23(21)29-24(30-25)20-8-6-7-9-22(20)27/h6-11,16-17,28H,4-5,12-15H2,1-3H3. The third-order valence-corrected chi connectivity index (χ3v) is 6.04. The van der Waals surface area contributed by atoms with Crippen LogP contribution in [0.25, 0.3) is 28.0 Å². The summed E-state index contributed by atoms with van der Waals surface area (Å²) < 4.78 is 5.16. The highest BCUT2D eigenvalue weighted by Gasteiger charge is 2.25. The average molecular weight is 480 g/mol. The number of hydrogen-bond acceptors (Lipinski definition) is 6. The lowest BCUT2D eigenvalue weighted by Crippen LogP contribution is -2.49. The van der Waals surface area contributed by atoms with E-state index in [2.05, 4.69) is 30.6 Å². The number of carbonyl (C=O) groups excluding carboxylic acids is 1. The topological polar surface area (TPSA) is 70.6 Å². The number of hydrogen-bond donors (Lipinski definition) is 1. The number of anilines is 1. The fourth-order valence-corrected chi connectivity index (χ4v) is 4.27. The van der Waals surface area contributed by atoms with Gasteiger partial charge in [0.05, 0.1) is 17.1 Å². The highest BCUT2D eigenvalue weighted by atomic mass is 35.5. The summed E-state index contributed by atoms with van der Waals surface area (Å²) in [6, 6.07) is 14.0. The van der Waals surface area contributed by atoms with Gasteiger partial charge >= 0.3 is 6.09 Å². The van der Waals surface area contributed by atoms with E-state index in [1.807, 2.05) is 49.4 Å². The Balaban J connectivity index is 1.75. The second-order valence-corrected chi connectivity index (χ2v) is 8.94. The maximum absolute atomic E-state index is 12.1. The molecule has 34 heavy (non-hydrogen) atoms. The molecule has 1 aliphatic rings. The summed E-state index contributed by atoms with van der Waals surface area (Å²) in [7, 11) is 0. The number of nitrogens with zero attached hydrogens (tertiary/aromatic N) is 4. The van der Waals surface area contributed by atoms with Crippen molar-refractivity contribution in [2.45, 2.75) is 26.8 Å². The maximum Gasteiger partial charge on any atom is 0.409 e. The smallest absolute Gasteiger partial charge is 0.409 e. The van der Waals surface area contributed by atoms with Crippen LogP contribution in [0.2, 0.25) is 5.02 Å². The Hall–Kier alpha value is -3.32. The molecule has 178 valence electrons. The summed E-state index contributed by atoms with van der Waals surface area (Å²) >= 11 is 6.49. The van der Waals surface area contributed by atoms with Crippen LogP contribution in [0.15, 0.2) is 49.0 Å². The number of halogens is 1. The van der Waals surface area contributed by atoms with Crippen LogP contribution in [-0.4, -0.2) is 59.8 Å². The Kier molecular flexibility index (Phi) is 7.22. The van der Waals surface area contributed by atoms with Gasteiger partial charge in [-0.3, -0.25) is 0 Å². The van der Waals surface area contributed by atoms with Gasteiger partial charge in [-0.15, -0.1) is 0 Å². The van der Waals surface area contributed by atoms with Crippen molar-refractivity contribution in [3.63, 3.8) is 0 Å². The minimum atomic E-state index is -0.271. The molecule has 1 N–H and O–H groups in total. The fourth-order valence-electron chi connectivity index (χ4n) is 4.05. The van der Waals surface area contributed by atoms with E-state index in [1.54, 1.807) is 4.90 Å². The molecule has 0 bridgehead atoms. The number of ether oxygens (including phenoxy) is 1. The quantitative estimate of drug-likeness (QED) is 0.524. The van der Waals surface area contributed by atoms with Gasteiger partial charge in [-0.2, -0.15) is 0 Å². The van der Waals surface area contributed by atoms with Gasteiger partial charge in [0.25, 0.3) is 0 Å². The summed E-state index contributed by atoms with van der Waals surface area (Å²) in [5.41, 5.74) is 3.42. The SMILES string of the molecule is C=C(NC(C)C)c1ccc2c(N3CCN(C(=O)OCC)CC3)nc(-c3ccccc3Cl)nc2c1. The van der Waals surface area contributed by atoms with E-state index in [9.17, 15) is 4.79 Å². The van der Waals surface area contributed by atoms with Crippen LogP contribution in [-0.2, 0) is 4.74 Å². The Bertz CT molecular complexity index is 1210. The van der Waals surface area contributed by atoms with E-state index >= 15 is 0 Å². The monoisotopic (exact) mass is 479 g/mol. The molecule has 1 fully saturated rings. The Morgan fingerprint density at radius 2 is 1.88 bits per heavy atom. The number of carbonyl (C=O) groups is 1. The highest BCUT2D eigenvalue weighted by Crippen LogP contribution is 2.32. The molecule has 4 rings (SSSR count). The van der Waals surface area contributed by atoms with Crippen LogP contribution >= 0.6 is 11.6 Å². The minimum Gasteiger partial charge on any atom is -0.450 e. The van der Waals surface area contributed by atoms with Crippen molar-refractivity contribution in [2.24, 2.45) is 0 Å². The van der Waals surface area contributed by atoms with Crippen LogP contribution in [0.4, 0.5) is 10.6 Å². The molecule has 0 unspecified atom stereocenters. The summed E-state index contributed by atoms with van der Waals surface area (Å²) in [5.74, 6) is 1.40.